The average Bonchev–Trinajstić information content (AvgIpc) is 2.41. The molecule has 0 radical (unpaired) electrons. The van der Waals surface area contributed by atoms with Crippen molar-refractivity contribution in [2.24, 2.45) is 0 Å². The number of rotatable bonds is 3. The van der Waals surface area contributed by atoms with Crippen molar-refractivity contribution in [3.63, 3.8) is 0 Å². The Hall–Kier alpha value is -2.23. The fourth-order valence-corrected chi connectivity index (χ4v) is 3.04. The van der Waals surface area contributed by atoms with Gasteiger partial charge in [-0.1, -0.05) is 11.6 Å². The van der Waals surface area contributed by atoms with Crippen LogP contribution in [0.5, 0.6) is 0 Å². The number of nitrogens with one attached hydrogen (secondary N) is 1. The maximum atomic E-state index is 12.3. The van der Waals surface area contributed by atoms with Crippen LogP contribution in [0.1, 0.15) is 11.1 Å². The molecule has 0 atom stereocenters. The van der Waals surface area contributed by atoms with Gasteiger partial charge in [-0.25, -0.2) is 8.42 Å². The average molecular weight is 322 g/mol. The molecule has 2 aromatic rings. The van der Waals surface area contributed by atoms with Crippen molar-refractivity contribution < 1.29 is 8.42 Å². The predicted octanol–water partition coefficient (Wildman–Crippen LogP) is 2.90. The molecule has 0 aliphatic carbocycles. The molecule has 0 aromatic heterocycles. The molecule has 2 rings (SSSR count). The van der Waals surface area contributed by atoms with Crippen molar-refractivity contribution in [2.45, 2.75) is 11.8 Å². The molecule has 0 spiro atoms. The molecule has 0 amide bonds. The van der Waals surface area contributed by atoms with Gasteiger partial charge in [-0.05, 0) is 48.9 Å². The standard InChI is InChI=1S/C14H12ClN3O2S/c1-9-6-12(4-5-13(9)17)21(19,20)18-14-7-11(15)3-2-10(14)8-16/h2-7,18H,17H2,1H3. The first kappa shape index (κ1) is 15.2. The molecular weight excluding hydrogens is 310 g/mol. The minimum Gasteiger partial charge on any atom is -0.399 e. The molecule has 0 fully saturated rings. The Morgan fingerprint density at radius 3 is 2.57 bits per heavy atom. The summed E-state index contributed by atoms with van der Waals surface area (Å²) in [5.41, 5.74) is 7.17. The highest BCUT2D eigenvalue weighted by atomic mass is 35.5. The first-order valence-corrected chi connectivity index (χ1v) is 7.78. The Morgan fingerprint density at radius 1 is 1.24 bits per heavy atom. The van der Waals surface area contributed by atoms with Gasteiger partial charge in [0, 0.05) is 10.7 Å². The zero-order valence-electron chi connectivity index (χ0n) is 11.1. The van der Waals surface area contributed by atoms with E-state index in [0.29, 0.717) is 16.3 Å². The third kappa shape index (κ3) is 3.27. The third-order valence-corrected chi connectivity index (χ3v) is 4.50. The lowest BCUT2D eigenvalue weighted by molar-refractivity contribution is 0.601. The van der Waals surface area contributed by atoms with Gasteiger partial charge in [0.25, 0.3) is 10.0 Å². The number of hydrogen-bond donors (Lipinski definition) is 2. The van der Waals surface area contributed by atoms with Crippen LogP contribution in [0.2, 0.25) is 5.02 Å². The monoisotopic (exact) mass is 321 g/mol. The Kier molecular flexibility index (Phi) is 4.07. The summed E-state index contributed by atoms with van der Waals surface area (Å²) in [5, 5.41) is 9.35. The number of hydrogen-bond acceptors (Lipinski definition) is 4. The summed E-state index contributed by atoms with van der Waals surface area (Å²) in [6.07, 6.45) is 0. The zero-order valence-corrected chi connectivity index (χ0v) is 12.7. The lowest BCUT2D eigenvalue weighted by atomic mass is 10.2. The number of nitrogens with two attached hydrogens (primary N) is 1. The van der Waals surface area contributed by atoms with Crippen LogP contribution in [-0.4, -0.2) is 8.42 Å². The van der Waals surface area contributed by atoms with Crippen LogP contribution in [0.15, 0.2) is 41.3 Å². The van der Waals surface area contributed by atoms with Crippen LogP contribution < -0.4 is 10.5 Å². The molecule has 108 valence electrons. The number of nitriles is 1. The van der Waals surface area contributed by atoms with Crippen molar-refractivity contribution in [3.8, 4) is 6.07 Å². The summed E-state index contributed by atoms with van der Waals surface area (Å²) in [4.78, 5) is 0.0677. The van der Waals surface area contributed by atoms with E-state index in [0.717, 1.165) is 0 Å². The van der Waals surface area contributed by atoms with E-state index in [-0.39, 0.29) is 16.1 Å². The van der Waals surface area contributed by atoms with Gasteiger partial charge in [0.2, 0.25) is 0 Å². The van der Waals surface area contributed by atoms with E-state index in [9.17, 15) is 8.42 Å². The van der Waals surface area contributed by atoms with Crippen LogP contribution in [0.25, 0.3) is 0 Å². The molecule has 0 aliphatic rings. The summed E-state index contributed by atoms with van der Waals surface area (Å²) in [6, 6.07) is 10.7. The molecule has 0 unspecified atom stereocenters. The summed E-state index contributed by atoms with van der Waals surface area (Å²) < 4.78 is 27.0. The first-order valence-electron chi connectivity index (χ1n) is 5.92. The van der Waals surface area contributed by atoms with Crippen LogP contribution in [0, 0.1) is 18.3 Å². The van der Waals surface area contributed by atoms with E-state index in [1.54, 1.807) is 6.92 Å². The molecule has 3 N–H and O–H groups in total. The molecule has 0 saturated carbocycles. The summed E-state index contributed by atoms with van der Waals surface area (Å²) >= 11 is 5.83. The van der Waals surface area contributed by atoms with Crippen LogP contribution >= 0.6 is 11.6 Å². The molecule has 0 saturated heterocycles. The Morgan fingerprint density at radius 2 is 1.95 bits per heavy atom. The second kappa shape index (κ2) is 5.64. The number of sulfonamides is 1. The fraction of sp³-hybridized carbons (Fsp3) is 0.0714. The summed E-state index contributed by atoms with van der Waals surface area (Å²) in [5.74, 6) is 0. The van der Waals surface area contributed by atoms with Gasteiger partial charge in [0.15, 0.2) is 0 Å². The van der Waals surface area contributed by atoms with E-state index in [4.69, 9.17) is 22.6 Å². The number of aryl methyl sites for hydroxylation is 1. The van der Waals surface area contributed by atoms with E-state index in [1.807, 2.05) is 6.07 Å². The SMILES string of the molecule is Cc1cc(S(=O)(=O)Nc2cc(Cl)ccc2C#N)ccc1N. The van der Waals surface area contributed by atoms with E-state index in [2.05, 4.69) is 4.72 Å². The molecule has 2 aromatic carbocycles. The normalized spacial score (nSPS) is 10.9. The van der Waals surface area contributed by atoms with Gasteiger partial charge in [-0.2, -0.15) is 5.26 Å². The maximum absolute atomic E-state index is 12.3. The minimum atomic E-state index is -3.82. The van der Waals surface area contributed by atoms with E-state index in [1.165, 1.54) is 36.4 Å². The first-order chi connectivity index (χ1) is 9.83. The molecule has 0 aliphatic heterocycles. The lowest BCUT2D eigenvalue weighted by Gasteiger charge is -2.11. The van der Waals surface area contributed by atoms with Crippen LogP contribution in [0.4, 0.5) is 11.4 Å². The lowest BCUT2D eigenvalue weighted by Crippen LogP contribution is -2.14. The summed E-state index contributed by atoms with van der Waals surface area (Å²) in [6.45, 7) is 1.72. The highest BCUT2D eigenvalue weighted by molar-refractivity contribution is 7.92. The minimum absolute atomic E-state index is 0.0677. The second-order valence-electron chi connectivity index (χ2n) is 4.43. The van der Waals surface area contributed by atoms with Gasteiger partial charge in [0.05, 0.1) is 16.1 Å². The number of halogens is 1. The quantitative estimate of drug-likeness (QED) is 0.849. The van der Waals surface area contributed by atoms with Crippen molar-refractivity contribution in [3.05, 3.63) is 52.5 Å². The van der Waals surface area contributed by atoms with Crippen molar-refractivity contribution in [2.75, 3.05) is 10.5 Å². The van der Waals surface area contributed by atoms with Gasteiger partial charge in [-0.3, -0.25) is 4.72 Å². The van der Waals surface area contributed by atoms with Crippen LogP contribution in [0.3, 0.4) is 0 Å². The maximum Gasteiger partial charge on any atom is 0.261 e. The molecule has 7 heteroatoms. The van der Waals surface area contributed by atoms with E-state index >= 15 is 0 Å². The largest absolute Gasteiger partial charge is 0.399 e. The van der Waals surface area contributed by atoms with E-state index < -0.39 is 10.0 Å². The second-order valence-corrected chi connectivity index (χ2v) is 6.54. The number of nitrogen functional groups attached to an aromatic ring is 1. The topological polar surface area (TPSA) is 96.0 Å². The molecule has 0 bridgehead atoms. The van der Waals surface area contributed by atoms with Crippen molar-refractivity contribution in [1.29, 1.82) is 5.26 Å². The van der Waals surface area contributed by atoms with Gasteiger partial charge < -0.3 is 5.73 Å². The Labute approximate surface area is 128 Å². The van der Waals surface area contributed by atoms with Gasteiger partial charge >= 0.3 is 0 Å². The van der Waals surface area contributed by atoms with Crippen molar-refractivity contribution >= 4 is 33.0 Å². The van der Waals surface area contributed by atoms with Crippen molar-refractivity contribution in [1.82, 2.24) is 0 Å². The Bertz CT molecular complexity index is 842. The highest BCUT2D eigenvalue weighted by Gasteiger charge is 2.17. The zero-order chi connectivity index (χ0) is 15.6. The van der Waals surface area contributed by atoms with Gasteiger partial charge in [-0.15, -0.1) is 0 Å². The molecule has 0 heterocycles. The predicted molar refractivity (Wildman–Crippen MR) is 82.6 cm³/mol. The molecular formula is C14H12ClN3O2S. The molecule has 5 nitrogen and oxygen atoms in total. The smallest absolute Gasteiger partial charge is 0.261 e. The van der Waals surface area contributed by atoms with Crippen LogP contribution in [-0.2, 0) is 10.0 Å². The fourth-order valence-electron chi connectivity index (χ4n) is 1.72. The highest BCUT2D eigenvalue weighted by Crippen LogP contribution is 2.24. The third-order valence-electron chi connectivity index (χ3n) is 2.90. The Balaban J connectivity index is 2.45. The molecule has 21 heavy (non-hydrogen) atoms. The number of benzene rings is 2. The number of anilines is 2. The summed E-state index contributed by atoms with van der Waals surface area (Å²) in [7, 11) is -3.82. The number of nitrogens with zero attached hydrogens (tertiary/aromatic N) is 1. The van der Waals surface area contributed by atoms with Gasteiger partial charge in [0.1, 0.15) is 6.07 Å².